The molecular formula is C17H19N5OS. The summed E-state index contributed by atoms with van der Waals surface area (Å²) >= 11 is 1.66. The second-order valence-corrected chi connectivity index (χ2v) is 6.90. The molecule has 24 heavy (non-hydrogen) atoms. The molecule has 6 nitrogen and oxygen atoms in total. The Balaban J connectivity index is 1.44. The maximum absolute atomic E-state index is 12.7. The number of amides is 1. The van der Waals surface area contributed by atoms with Gasteiger partial charge in [0.05, 0.1) is 5.69 Å². The maximum atomic E-state index is 12.7. The average Bonchev–Trinajstić information content (AvgIpc) is 3.22. The normalized spacial score (nSPS) is 15.8. The second kappa shape index (κ2) is 6.24. The first-order chi connectivity index (χ1) is 11.7. The number of rotatable bonds is 3. The molecule has 0 aliphatic carbocycles. The van der Waals surface area contributed by atoms with Crippen molar-refractivity contribution in [2.45, 2.75) is 25.8 Å². The smallest absolute Gasteiger partial charge is 0.270 e. The van der Waals surface area contributed by atoms with E-state index in [9.17, 15) is 4.79 Å². The third kappa shape index (κ3) is 2.75. The number of fused-ring (bicyclic) bond motifs is 1. The van der Waals surface area contributed by atoms with Gasteiger partial charge in [0.25, 0.3) is 5.91 Å². The average molecular weight is 341 g/mol. The quantitative estimate of drug-likeness (QED) is 0.795. The molecule has 1 N–H and O–H groups in total. The van der Waals surface area contributed by atoms with Crippen LogP contribution in [0.5, 0.6) is 0 Å². The number of anilines is 1. The van der Waals surface area contributed by atoms with Gasteiger partial charge < -0.3 is 10.2 Å². The minimum atomic E-state index is -0.0427. The monoisotopic (exact) mass is 341 g/mol. The van der Waals surface area contributed by atoms with E-state index >= 15 is 0 Å². The molecule has 0 aromatic carbocycles. The first-order valence-electron chi connectivity index (χ1n) is 8.11. The molecule has 1 saturated heterocycles. The standard InChI is InChI=1S/C17H19N5OS/c1-12-15(22-8-3-2-4-14(22)19-12)16(23)20-13-5-9-21(10-6-13)17-18-7-11-24-17/h2-4,7-8,11,13H,5-6,9-10H2,1H3,(H,20,23). The van der Waals surface area contributed by atoms with Gasteiger partial charge in [-0.3, -0.25) is 9.20 Å². The van der Waals surface area contributed by atoms with Crippen molar-refractivity contribution >= 4 is 28.0 Å². The van der Waals surface area contributed by atoms with Crippen LogP contribution < -0.4 is 10.2 Å². The van der Waals surface area contributed by atoms with Crippen molar-refractivity contribution in [3.8, 4) is 0 Å². The third-order valence-electron chi connectivity index (χ3n) is 4.44. The van der Waals surface area contributed by atoms with Crippen molar-refractivity contribution in [2.75, 3.05) is 18.0 Å². The molecule has 4 rings (SSSR count). The number of hydrogen-bond donors (Lipinski definition) is 1. The Morgan fingerprint density at radius 2 is 2.17 bits per heavy atom. The van der Waals surface area contributed by atoms with Crippen LogP contribution in [-0.4, -0.2) is 39.4 Å². The molecule has 3 aromatic rings. The van der Waals surface area contributed by atoms with Crippen LogP contribution in [0.4, 0.5) is 5.13 Å². The number of nitrogens with one attached hydrogen (secondary N) is 1. The van der Waals surface area contributed by atoms with Crippen LogP contribution in [0.3, 0.4) is 0 Å². The van der Waals surface area contributed by atoms with E-state index in [1.54, 1.807) is 11.3 Å². The van der Waals surface area contributed by atoms with Gasteiger partial charge in [-0.1, -0.05) is 6.07 Å². The molecule has 1 fully saturated rings. The van der Waals surface area contributed by atoms with E-state index in [2.05, 4.69) is 20.2 Å². The van der Waals surface area contributed by atoms with E-state index in [1.165, 1.54) is 0 Å². The minimum Gasteiger partial charge on any atom is -0.348 e. The summed E-state index contributed by atoms with van der Waals surface area (Å²) in [6, 6.07) is 5.95. The van der Waals surface area contributed by atoms with Crippen molar-refractivity contribution in [3.05, 3.63) is 47.4 Å². The summed E-state index contributed by atoms with van der Waals surface area (Å²) < 4.78 is 1.86. The maximum Gasteiger partial charge on any atom is 0.270 e. The van der Waals surface area contributed by atoms with Crippen molar-refractivity contribution in [3.63, 3.8) is 0 Å². The first kappa shape index (κ1) is 15.1. The van der Waals surface area contributed by atoms with Crippen LogP contribution in [0, 0.1) is 6.92 Å². The summed E-state index contributed by atoms with van der Waals surface area (Å²) in [5.74, 6) is -0.0427. The number of nitrogens with zero attached hydrogens (tertiary/aromatic N) is 4. The van der Waals surface area contributed by atoms with Crippen molar-refractivity contribution in [2.24, 2.45) is 0 Å². The Bertz CT molecular complexity index is 849. The molecule has 1 aliphatic heterocycles. The van der Waals surface area contributed by atoms with Gasteiger partial charge in [-0.25, -0.2) is 9.97 Å². The summed E-state index contributed by atoms with van der Waals surface area (Å²) in [6.45, 7) is 3.72. The predicted molar refractivity (Wildman–Crippen MR) is 94.7 cm³/mol. The number of piperidine rings is 1. The molecule has 4 heterocycles. The fourth-order valence-corrected chi connectivity index (χ4v) is 3.92. The van der Waals surface area contributed by atoms with Crippen LogP contribution in [-0.2, 0) is 0 Å². The van der Waals surface area contributed by atoms with E-state index < -0.39 is 0 Å². The SMILES string of the molecule is Cc1nc2ccccn2c1C(=O)NC1CCN(c2nccs2)CC1. The lowest BCUT2D eigenvalue weighted by Gasteiger charge is -2.32. The summed E-state index contributed by atoms with van der Waals surface area (Å²) in [6.07, 6.45) is 5.58. The van der Waals surface area contributed by atoms with Gasteiger partial charge in [-0.05, 0) is 31.9 Å². The molecule has 0 spiro atoms. The van der Waals surface area contributed by atoms with Gasteiger partial charge >= 0.3 is 0 Å². The van der Waals surface area contributed by atoms with Gasteiger partial charge in [0.2, 0.25) is 0 Å². The van der Waals surface area contributed by atoms with E-state index in [-0.39, 0.29) is 11.9 Å². The van der Waals surface area contributed by atoms with Crippen LogP contribution in [0.1, 0.15) is 29.0 Å². The zero-order valence-corrected chi connectivity index (χ0v) is 14.3. The molecule has 0 saturated carbocycles. The summed E-state index contributed by atoms with van der Waals surface area (Å²) in [5, 5.41) is 6.24. The lowest BCUT2D eigenvalue weighted by molar-refractivity contribution is 0.0924. The highest BCUT2D eigenvalue weighted by Crippen LogP contribution is 2.22. The Labute approximate surface area is 144 Å². The number of thiazole rings is 1. The fourth-order valence-electron chi connectivity index (χ4n) is 3.23. The van der Waals surface area contributed by atoms with Gasteiger partial charge in [-0.2, -0.15) is 0 Å². The van der Waals surface area contributed by atoms with E-state index in [4.69, 9.17) is 0 Å². The fraction of sp³-hybridized carbons (Fsp3) is 0.353. The predicted octanol–water partition coefficient (Wildman–Crippen LogP) is 2.50. The van der Waals surface area contributed by atoms with E-state index in [1.807, 2.05) is 47.3 Å². The zero-order valence-electron chi connectivity index (χ0n) is 13.5. The van der Waals surface area contributed by atoms with Crippen molar-refractivity contribution < 1.29 is 4.79 Å². The van der Waals surface area contributed by atoms with Gasteiger partial charge in [0.15, 0.2) is 5.13 Å². The van der Waals surface area contributed by atoms with Crippen molar-refractivity contribution in [1.29, 1.82) is 0 Å². The molecule has 0 atom stereocenters. The molecule has 3 aromatic heterocycles. The number of aromatic nitrogens is 3. The second-order valence-electron chi connectivity index (χ2n) is 6.02. The van der Waals surface area contributed by atoms with Gasteiger partial charge in [-0.15, -0.1) is 11.3 Å². The molecule has 1 aliphatic rings. The Hall–Kier alpha value is -2.41. The topological polar surface area (TPSA) is 62.5 Å². The Morgan fingerprint density at radius 1 is 1.33 bits per heavy atom. The Morgan fingerprint density at radius 3 is 2.92 bits per heavy atom. The molecular weight excluding hydrogens is 322 g/mol. The number of carbonyl (C=O) groups excluding carboxylic acids is 1. The number of hydrogen-bond acceptors (Lipinski definition) is 5. The molecule has 0 radical (unpaired) electrons. The third-order valence-corrected chi connectivity index (χ3v) is 5.27. The summed E-state index contributed by atoms with van der Waals surface area (Å²) in [5.41, 5.74) is 2.20. The number of aryl methyl sites for hydroxylation is 1. The number of pyridine rings is 1. The zero-order chi connectivity index (χ0) is 16.5. The van der Waals surface area contributed by atoms with Crippen LogP contribution in [0.25, 0.3) is 5.65 Å². The molecule has 0 unspecified atom stereocenters. The molecule has 124 valence electrons. The van der Waals surface area contributed by atoms with E-state index in [0.717, 1.165) is 42.4 Å². The minimum absolute atomic E-state index is 0.0427. The highest BCUT2D eigenvalue weighted by molar-refractivity contribution is 7.13. The van der Waals surface area contributed by atoms with Gasteiger partial charge in [0, 0.05) is 36.9 Å². The van der Waals surface area contributed by atoms with Crippen LogP contribution >= 0.6 is 11.3 Å². The molecule has 1 amide bonds. The lowest BCUT2D eigenvalue weighted by Crippen LogP contribution is -2.45. The molecule has 7 heteroatoms. The number of imidazole rings is 1. The van der Waals surface area contributed by atoms with Crippen LogP contribution in [0.15, 0.2) is 36.0 Å². The summed E-state index contributed by atoms with van der Waals surface area (Å²) in [7, 11) is 0. The lowest BCUT2D eigenvalue weighted by atomic mass is 10.1. The van der Waals surface area contributed by atoms with Crippen LogP contribution in [0.2, 0.25) is 0 Å². The van der Waals surface area contributed by atoms with Crippen molar-refractivity contribution in [1.82, 2.24) is 19.7 Å². The van der Waals surface area contributed by atoms with Gasteiger partial charge in [0.1, 0.15) is 11.3 Å². The largest absolute Gasteiger partial charge is 0.348 e. The first-order valence-corrected chi connectivity index (χ1v) is 8.99. The van der Waals surface area contributed by atoms with E-state index in [0.29, 0.717) is 5.69 Å². The summed E-state index contributed by atoms with van der Waals surface area (Å²) in [4.78, 5) is 23.8. The number of carbonyl (C=O) groups is 1. The highest BCUT2D eigenvalue weighted by Gasteiger charge is 2.24. The molecule has 0 bridgehead atoms. The highest BCUT2D eigenvalue weighted by atomic mass is 32.1. The Kier molecular flexibility index (Phi) is 3.93.